The number of sulfonamides is 1. The maximum Gasteiger partial charge on any atom is 0.263 e. The van der Waals surface area contributed by atoms with Crippen LogP contribution in [0.2, 0.25) is 10.0 Å². The number of pyridine rings is 1. The Balaban J connectivity index is 1.41. The maximum absolute atomic E-state index is 13.1. The standard InChI is InChI=1S/C20H20Cl2N4O4S/c1-13(30-17-5-4-14(21)11-16(17)22)20(27)25-7-9-26(10-8-25)31(28,29)18-12-24-19-15(18)3-2-6-23-19/h2-6,11-13H,7-10H2,1H3,(H,23,24). The SMILES string of the molecule is CC(Oc1ccc(Cl)cc1Cl)C(=O)N1CCN(S(=O)(=O)c2c[nH]c3ncccc23)CC1. The molecule has 8 nitrogen and oxygen atoms in total. The smallest absolute Gasteiger partial charge is 0.263 e. The lowest BCUT2D eigenvalue weighted by atomic mass is 10.2. The van der Waals surface area contributed by atoms with E-state index in [4.69, 9.17) is 27.9 Å². The molecule has 4 rings (SSSR count). The zero-order chi connectivity index (χ0) is 22.2. The van der Waals surface area contributed by atoms with Gasteiger partial charge in [-0.15, -0.1) is 0 Å². The van der Waals surface area contributed by atoms with Gasteiger partial charge >= 0.3 is 0 Å². The van der Waals surface area contributed by atoms with E-state index in [1.54, 1.807) is 48.4 Å². The summed E-state index contributed by atoms with van der Waals surface area (Å²) >= 11 is 12.0. The summed E-state index contributed by atoms with van der Waals surface area (Å²) in [6, 6.07) is 8.19. The van der Waals surface area contributed by atoms with E-state index in [1.165, 1.54) is 10.5 Å². The first-order valence-corrected chi connectivity index (χ1v) is 11.8. The third kappa shape index (κ3) is 4.36. The molecule has 1 unspecified atom stereocenters. The van der Waals surface area contributed by atoms with Gasteiger partial charge in [-0.3, -0.25) is 4.79 Å². The number of aromatic amines is 1. The molecule has 2 aromatic heterocycles. The van der Waals surface area contributed by atoms with Crippen LogP contribution in [0.1, 0.15) is 6.92 Å². The highest BCUT2D eigenvalue weighted by atomic mass is 35.5. The molecular weight excluding hydrogens is 463 g/mol. The molecule has 0 aliphatic carbocycles. The molecule has 31 heavy (non-hydrogen) atoms. The molecule has 3 heterocycles. The lowest BCUT2D eigenvalue weighted by molar-refractivity contribution is -0.139. The van der Waals surface area contributed by atoms with Gasteiger partial charge in [-0.05, 0) is 37.3 Å². The number of ether oxygens (including phenoxy) is 1. The summed E-state index contributed by atoms with van der Waals surface area (Å²) in [5, 5.41) is 1.33. The van der Waals surface area contributed by atoms with Gasteiger partial charge in [-0.2, -0.15) is 4.31 Å². The van der Waals surface area contributed by atoms with Crippen LogP contribution in [0, 0.1) is 0 Å². The Morgan fingerprint density at radius 2 is 1.94 bits per heavy atom. The number of fused-ring (bicyclic) bond motifs is 1. The largest absolute Gasteiger partial charge is 0.479 e. The minimum Gasteiger partial charge on any atom is -0.479 e. The Labute approximate surface area is 189 Å². The molecule has 1 aliphatic rings. The molecule has 0 saturated carbocycles. The summed E-state index contributed by atoms with van der Waals surface area (Å²) < 4.78 is 33.3. The number of piperazine rings is 1. The lowest BCUT2D eigenvalue weighted by Gasteiger charge is -2.35. The Hall–Kier alpha value is -2.33. The van der Waals surface area contributed by atoms with Crippen molar-refractivity contribution >= 4 is 50.2 Å². The molecule has 3 aromatic rings. The van der Waals surface area contributed by atoms with Gasteiger partial charge in [-0.1, -0.05) is 23.2 Å². The van der Waals surface area contributed by atoms with E-state index in [-0.39, 0.29) is 37.0 Å². The third-order valence-corrected chi connectivity index (χ3v) is 7.60. The van der Waals surface area contributed by atoms with Gasteiger partial charge in [0.05, 0.1) is 5.02 Å². The summed E-state index contributed by atoms with van der Waals surface area (Å²) in [6.07, 6.45) is 2.28. The van der Waals surface area contributed by atoms with E-state index in [0.717, 1.165) is 0 Å². The number of hydrogen-bond acceptors (Lipinski definition) is 5. The first kappa shape index (κ1) is 21.9. The number of H-pyrrole nitrogens is 1. The average Bonchev–Trinajstić information content (AvgIpc) is 3.20. The molecule has 11 heteroatoms. The number of benzene rings is 1. The average molecular weight is 483 g/mol. The first-order chi connectivity index (χ1) is 14.8. The van der Waals surface area contributed by atoms with Crippen molar-refractivity contribution in [1.82, 2.24) is 19.2 Å². The molecule has 1 amide bonds. The molecule has 1 N–H and O–H groups in total. The second-order valence-electron chi connectivity index (χ2n) is 7.12. The van der Waals surface area contributed by atoms with Crippen LogP contribution in [0.15, 0.2) is 47.6 Å². The number of rotatable bonds is 5. The number of aromatic nitrogens is 2. The predicted octanol–water partition coefficient (Wildman–Crippen LogP) is 3.17. The Morgan fingerprint density at radius 1 is 1.19 bits per heavy atom. The van der Waals surface area contributed by atoms with Gasteiger partial charge in [-0.25, -0.2) is 13.4 Å². The van der Waals surface area contributed by atoms with Crippen LogP contribution in [-0.4, -0.2) is 65.8 Å². The summed E-state index contributed by atoms with van der Waals surface area (Å²) in [5.74, 6) is 0.125. The Kier molecular flexibility index (Phi) is 6.11. The summed E-state index contributed by atoms with van der Waals surface area (Å²) in [6.45, 7) is 2.54. The van der Waals surface area contributed by atoms with E-state index in [1.807, 2.05) is 0 Å². The Morgan fingerprint density at radius 3 is 2.65 bits per heavy atom. The highest BCUT2D eigenvalue weighted by molar-refractivity contribution is 7.89. The van der Waals surface area contributed by atoms with Crippen LogP contribution in [0.25, 0.3) is 11.0 Å². The van der Waals surface area contributed by atoms with Crippen molar-refractivity contribution in [2.24, 2.45) is 0 Å². The fraction of sp³-hybridized carbons (Fsp3) is 0.300. The van der Waals surface area contributed by atoms with Crippen molar-refractivity contribution in [2.45, 2.75) is 17.9 Å². The number of nitrogens with zero attached hydrogens (tertiary/aromatic N) is 3. The topological polar surface area (TPSA) is 95.6 Å². The number of carbonyl (C=O) groups is 1. The van der Waals surface area contributed by atoms with Crippen LogP contribution in [0.4, 0.5) is 0 Å². The predicted molar refractivity (Wildman–Crippen MR) is 118 cm³/mol. The van der Waals surface area contributed by atoms with E-state index in [2.05, 4.69) is 9.97 Å². The molecular formula is C20H20Cl2N4O4S. The monoisotopic (exact) mass is 482 g/mol. The fourth-order valence-electron chi connectivity index (χ4n) is 3.50. The van der Waals surface area contributed by atoms with E-state index in [0.29, 0.717) is 26.8 Å². The highest BCUT2D eigenvalue weighted by Gasteiger charge is 2.33. The van der Waals surface area contributed by atoms with E-state index >= 15 is 0 Å². The van der Waals surface area contributed by atoms with Gasteiger partial charge in [0.2, 0.25) is 10.0 Å². The second kappa shape index (κ2) is 8.66. The van der Waals surface area contributed by atoms with Gasteiger partial charge in [0.1, 0.15) is 16.3 Å². The van der Waals surface area contributed by atoms with Crippen LogP contribution >= 0.6 is 23.2 Å². The first-order valence-electron chi connectivity index (χ1n) is 9.60. The molecule has 1 atom stereocenters. The number of hydrogen-bond donors (Lipinski definition) is 1. The number of nitrogens with one attached hydrogen (secondary N) is 1. The number of halogens is 2. The molecule has 1 fully saturated rings. The highest BCUT2D eigenvalue weighted by Crippen LogP contribution is 2.29. The van der Waals surface area contributed by atoms with E-state index in [9.17, 15) is 13.2 Å². The molecule has 1 saturated heterocycles. The van der Waals surface area contributed by atoms with E-state index < -0.39 is 16.1 Å². The molecule has 164 valence electrons. The minimum atomic E-state index is -3.71. The normalized spacial score (nSPS) is 16.4. The van der Waals surface area contributed by atoms with Gasteiger partial charge in [0.15, 0.2) is 6.10 Å². The Bertz CT molecular complexity index is 1220. The van der Waals surface area contributed by atoms with Crippen molar-refractivity contribution in [1.29, 1.82) is 0 Å². The summed E-state index contributed by atoms with van der Waals surface area (Å²) in [4.78, 5) is 21.6. The lowest BCUT2D eigenvalue weighted by Crippen LogP contribution is -2.53. The zero-order valence-electron chi connectivity index (χ0n) is 16.6. The molecule has 0 spiro atoms. The zero-order valence-corrected chi connectivity index (χ0v) is 18.9. The van der Waals surface area contributed by atoms with Crippen LogP contribution in [-0.2, 0) is 14.8 Å². The molecule has 1 aliphatic heterocycles. The van der Waals surface area contributed by atoms with Crippen molar-refractivity contribution in [3.8, 4) is 5.75 Å². The van der Waals surface area contributed by atoms with Crippen molar-refractivity contribution < 1.29 is 17.9 Å². The van der Waals surface area contributed by atoms with Crippen LogP contribution < -0.4 is 4.74 Å². The number of carbonyl (C=O) groups excluding carboxylic acids is 1. The quantitative estimate of drug-likeness (QED) is 0.602. The van der Waals surface area contributed by atoms with Gasteiger partial charge in [0.25, 0.3) is 5.91 Å². The summed E-state index contributed by atoms with van der Waals surface area (Å²) in [7, 11) is -3.71. The van der Waals surface area contributed by atoms with Gasteiger partial charge in [0, 0.05) is 49.0 Å². The third-order valence-electron chi connectivity index (χ3n) is 5.13. The molecule has 1 aromatic carbocycles. The maximum atomic E-state index is 13.1. The second-order valence-corrected chi connectivity index (χ2v) is 9.87. The molecule has 0 bridgehead atoms. The van der Waals surface area contributed by atoms with Gasteiger partial charge < -0.3 is 14.6 Å². The van der Waals surface area contributed by atoms with Crippen LogP contribution in [0.5, 0.6) is 5.75 Å². The van der Waals surface area contributed by atoms with Crippen molar-refractivity contribution in [2.75, 3.05) is 26.2 Å². The van der Waals surface area contributed by atoms with Crippen LogP contribution in [0.3, 0.4) is 0 Å². The summed E-state index contributed by atoms with van der Waals surface area (Å²) in [5.41, 5.74) is 0.515. The minimum absolute atomic E-state index is 0.185. The number of amides is 1. The van der Waals surface area contributed by atoms with Crippen molar-refractivity contribution in [3.05, 3.63) is 52.8 Å². The van der Waals surface area contributed by atoms with Crippen molar-refractivity contribution in [3.63, 3.8) is 0 Å². The fourth-order valence-corrected chi connectivity index (χ4v) is 5.53. The molecule has 0 radical (unpaired) electrons.